The lowest BCUT2D eigenvalue weighted by Gasteiger charge is -2.18. The SMILES string of the molecule is CC(C)(C)CCOc1ccc([N+](=O)[O-])c(C#N)c1. The molecule has 5 nitrogen and oxygen atoms in total. The topological polar surface area (TPSA) is 76.2 Å². The van der Waals surface area contributed by atoms with E-state index in [4.69, 9.17) is 10.00 Å². The number of nitrogens with zero attached hydrogens (tertiary/aromatic N) is 2. The Labute approximate surface area is 106 Å². The van der Waals surface area contributed by atoms with E-state index < -0.39 is 4.92 Å². The summed E-state index contributed by atoms with van der Waals surface area (Å²) in [5.41, 5.74) is -0.00678. The average molecular weight is 248 g/mol. The monoisotopic (exact) mass is 248 g/mol. The Hall–Kier alpha value is -2.09. The molecule has 0 aliphatic rings. The van der Waals surface area contributed by atoms with E-state index in [9.17, 15) is 10.1 Å². The van der Waals surface area contributed by atoms with Crippen LogP contribution in [0.5, 0.6) is 5.75 Å². The number of nitro benzene ring substituents is 1. The van der Waals surface area contributed by atoms with Crippen molar-refractivity contribution in [2.75, 3.05) is 6.61 Å². The standard InChI is InChI=1S/C13H16N2O3/c1-13(2,3)6-7-18-11-4-5-12(15(16)17)10(8-11)9-14/h4-5,8H,6-7H2,1-3H3. The first-order valence-corrected chi connectivity index (χ1v) is 5.65. The molecule has 0 fully saturated rings. The average Bonchev–Trinajstić information content (AvgIpc) is 2.26. The van der Waals surface area contributed by atoms with Gasteiger partial charge < -0.3 is 4.74 Å². The molecule has 0 aliphatic heterocycles. The fourth-order valence-electron chi connectivity index (χ4n) is 1.33. The zero-order valence-electron chi connectivity index (χ0n) is 10.8. The van der Waals surface area contributed by atoms with Crippen molar-refractivity contribution >= 4 is 5.69 Å². The number of nitro groups is 1. The van der Waals surface area contributed by atoms with E-state index in [1.807, 2.05) is 0 Å². The van der Waals surface area contributed by atoms with Crippen LogP contribution in [0.25, 0.3) is 0 Å². The largest absolute Gasteiger partial charge is 0.494 e. The van der Waals surface area contributed by atoms with Crippen LogP contribution in [-0.2, 0) is 0 Å². The molecule has 0 heterocycles. The normalized spacial score (nSPS) is 10.8. The molecule has 0 aliphatic carbocycles. The van der Waals surface area contributed by atoms with Gasteiger partial charge in [-0.15, -0.1) is 0 Å². The molecule has 0 saturated heterocycles. The summed E-state index contributed by atoms with van der Waals surface area (Å²) in [6.07, 6.45) is 0.867. The molecule has 1 aromatic rings. The predicted molar refractivity (Wildman–Crippen MR) is 67.4 cm³/mol. The summed E-state index contributed by atoms with van der Waals surface area (Å²) < 4.78 is 5.49. The quantitative estimate of drug-likeness (QED) is 0.605. The highest BCUT2D eigenvalue weighted by Crippen LogP contribution is 2.24. The van der Waals surface area contributed by atoms with Gasteiger partial charge in [-0.2, -0.15) is 5.26 Å². The molecule has 0 unspecified atom stereocenters. The third kappa shape index (κ3) is 4.06. The number of benzene rings is 1. The van der Waals surface area contributed by atoms with E-state index in [1.54, 1.807) is 6.07 Å². The van der Waals surface area contributed by atoms with E-state index in [0.29, 0.717) is 12.4 Å². The van der Waals surface area contributed by atoms with Gasteiger partial charge in [-0.1, -0.05) is 20.8 Å². The number of hydrogen-bond donors (Lipinski definition) is 0. The number of hydrogen-bond acceptors (Lipinski definition) is 4. The van der Waals surface area contributed by atoms with Crippen LogP contribution in [0.15, 0.2) is 18.2 Å². The lowest BCUT2D eigenvalue weighted by atomic mass is 9.93. The van der Waals surface area contributed by atoms with Gasteiger partial charge in [0.1, 0.15) is 17.4 Å². The van der Waals surface area contributed by atoms with Crippen molar-refractivity contribution in [1.29, 1.82) is 5.26 Å². The number of nitriles is 1. The molecular formula is C13H16N2O3. The van der Waals surface area contributed by atoms with Gasteiger partial charge in [0.25, 0.3) is 5.69 Å². The van der Waals surface area contributed by atoms with Crippen LogP contribution in [0.2, 0.25) is 0 Å². The van der Waals surface area contributed by atoms with Gasteiger partial charge in [-0.25, -0.2) is 0 Å². The maximum absolute atomic E-state index is 10.7. The second-order valence-corrected chi connectivity index (χ2v) is 5.21. The third-order valence-electron chi connectivity index (χ3n) is 2.41. The molecule has 1 aromatic carbocycles. The second kappa shape index (κ2) is 5.50. The van der Waals surface area contributed by atoms with Crippen molar-refractivity contribution in [3.05, 3.63) is 33.9 Å². The Morgan fingerprint density at radius 1 is 1.44 bits per heavy atom. The second-order valence-electron chi connectivity index (χ2n) is 5.21. The van der Waals surface area contributed by atoms with E-state index in [2.05, 4.69) is 20.8 Å². The van der Waals surface area contributed by atoms with Crippen LogP contribution in [0.1, 0.15) is 32.8 Å². The van der Waals surface area contributed by atoms with E-state index in [0.717, 1.165) is 6.42 Å². The van der Waals surface area contributed by atoms with Crippen molar-refractivity contribution in [3.8, 4) is 11.8 Å². The van der Waals surface area contributed by atoms with Gasteiger partial charge in [-0.3, -0.25) is 10.1 Å². The summed E-state index contributed by atoms with van der Waals surface area (Å²) in [5.74, 6) is 0.487. The van der Waals surface area contributed by atoms with E-state index in [1.165, 1.54) is 18.2 Å². The number of ether oxygens (including phenoxy) is 1. The zero-order chi connectivity index (χ0) is 13.8. The first kappa shape index (κ1) is 14.0. The Balaban J connectivity index is 2.75. The molecule has 0 aromatic heterocycles. The highest BCUT2D eigenvalue weighted by molar-refractivity contribution is 5.52. The van der Waals surface area contributed by atoms with Crippen molar-refractivity contribution in [2.24, 2.45) is 5.41 Å². The summed E-state index contributed by atoms with van der Waals surface area (Å²) in [6, 6.07) is 6.02. The highest BCUT2D eigenvalue weighted by Gasteiger charge is 2.15. The summed E-state index contributed by atoms with van der Waals surface area (Å²) in [4.78, 5) is 10.1. The summed E-state index contributed by atoms with van der Waals surface area (Å²) in [7, 11) is 0. The van der Waals surface area contributed by atoms with Crippen LogP contribution in [0.3, 0.4) is 0 Å². The van der Waals surface area contributed by atoms with Crippen molar-refractivity contribution in [1.82, 2.24) is 0 Å². The first-order valence-electron chi connectivity index (χ1n) is 5.65. The molecule has 0 spiro atoms. The summed E-state index contributed by atoms with van der Waals surface area (Å²) in [5, 5.41) is 19.5. The molecule has 0 radical (unpaired) electrons. The molecule has 0 atom stereocenters. The van der Waals surface area contributed by atoms with Crippen LogP contribution < -0.4 is 4.74 Å². The van der Waals surface area contributed by atoms with Gasteiger partial charge in [0, 0.05) is 12.1 Å². The van der Waals surface area contributed by atoms with Crippen molar-refractivity contribution in [2.45, 2.75) is 27.2 Å². The Morgan fingerprint density at radius 3 is 2.61 bits per heavy atom. The predicted octanol–water partition coefficient (Wildman–Crippen LogP) is 3.28. The van der Waals surface area contributed by atoms with Gasteiger partial charge in [-0.05, 0) is 17.9 Å². The van der Waals surface area contributed by atoms with Crippen molar-refractivity contribution in [3.63, 3.8) is 0 Å². The fourth-order valence-corrected chi connectivity index (χ4v) is 1.33. The first-order chi connectivity index (χ1) is 8.33. The zero-order valence-corrected chi connectivity index (χ0v) is 10.8. The van der Waals surface area contributed by atoms with Crippen LogP contribution in [-0.4, -0.2) is 11.5 Å². The van der Waals surface area contributed by atoms with Crippen molar-refractivity contribution < 1.29 is 9.66 Å². The Morgan fingerprint density at radius 2 is 2.11 bits per heavy atom. The van der Waals surface area contributed by atoms with Crippen LogP contribution in [0, 0.1) is 26.9 Å². The van der Waals surface area contributed by atoms with Crippen LogP contribution in [0.4, 0.5) is 5.69 Å². The third-order valence-corrected chi connectivity index (χ3v) is 2.41. The molecule has 0 N–H and O–H groups in total. The van der Waals surface area contributed by atoms with E-state index >= 15 is 0 Å². The summed E-state index contributed by atoms with van der Waals surface area (Å²) in [6.45, 7) is 6.83. The fraction of sp³-hybridized carbons (Fsp3) is 0.462. The summed E-state index contributed by atoms with van der Waals surface area (Å²) >= 11 is 0. The van der Waals surface area contributed by atoms with Gasteiger partial charge >= 0.3 is 0 Å². The lowest BCUT2D eigenvalue weighted by molar-refractivity contribution is -0.385. The Bertz CT molecular complexity index is 484. The molecule has 18 heavy (non-hydrogen) atoms. The van der Waals surface area contributed by atoms with Gasteiger partial charge in [0.15, 0.2) is 0 Å². The molecule has 0 saturated carbocycles. The maximum Gasteiger partial charge on any atom is 0.287 e. The van der Waals surface area contributed by atoms with Gasteiger partial charge in [0.2, 0.25) is 0 Å². The molecular weight excluding hydrogens is 232 g/mol. The minimum Gasteiger partial charge on any atom is -0.494 e. The Kier molecular flexibility index (Phi) is 4.27. The number of rotatable bonds is 4. The molecule has 96 valence electrons. The van der Waals surface area contributed by atoms with Gasteiger partial charge in [0.05, 0.1) is 11.5 Å². The smallest absolute Gasteiger partial charge is 0.287 e. The molecule has 0 amide bonds. The highest BCUT2D eigenvalue weighted by atomic mass is 16.6. The minimum atomic E-state index is -0.572. The van der Waals surface area contributed by atoms with Crippen LogP contribution >= 0.6 is 0 Å². The lowest BCUT2D eigenvalue weighted by Crippen LogP contribution is -2.11. The molecule has 5 heteroatoms. The molecule has 0 bridgehead atoms. The van der Waals surface area contributed by atoms with E-state index in [-0.39, 0.29) is 16.7 Å². The minimum absolute atomic E-state index is 0.0215. The molecule has 1 rings (SSSR count). The maximum atomic E-state index is 10.7.